The zero-order chi connectivity index (χ0) is 9.56. The monoisotopic (exact) mass is 175 g/mol. The molecule has 3 heteroatoms. The summed E-state index contributed by atoms with van der Waals surface area (Å²) in [7, 11) is 1.93. The van der Waals surface area contributed by atoms with Crippen LogP contribution in [0.5, 0.6) is 0 Å². The van der Waals surface area contributed by atoms with E-state index in [0.29, 0.717) is 19.2 Å². The molecule has 0 saturated heterocycles. The van der Waals surface area contributed by atoms with Gasteiger partial charge in [-0.1, -0.05) is 13.8 Å². The zero-order valence-electron chi connectivity index (χ0n) is 8.58. The first-order valence-corrected chi connectivity index (χ1v) is 4.49. The maximum atomic E-state index is 8.61. The van der Waals surface area contributed by atoms with Gasteiger partial charge in [0, 0.05) is 6.54 Å². The number of aliphatic hydroxyl groups excluding tert-OH is 1. The number of aliphatic hydroxyl groups is 1. The Bertz CT molecular complexity index is 107. The Morgan fingerprint density at radius 2 is 1.92 bits per heavy atom. The summed E-state index contributed by atoms with van der Waals surface area (Å²) in [6, 6.07) is 0. The predicted molar refractivity (Wildman–Crippen MR) is 50.0 cm³/mol. The molecule has 0 rings (SSSR count). The van der Waals surface area contributed by atoms with Crippen LogP contribution in [-0.4, -0.2) is 43.0 Å². The van der Waals surface area contributed by atoms with Gasteiger partial charge in [0.05, 0.1) is 19.4 Å². The molecule has 12 heavy (non-hydrogen) atoms. The van der Waals surface area contributed by atoms with Crippen molar-refractivity contribution in [3.8, 4) is 0 Å². The van der Waals surface area contributed by atoms with E-state index in [0.717, 1.165) is 0 Å². The second-order valence-electron chi connectivity index (χ2n) is 3.55. The molecule has 74 valence electrons. The summed E-state index contributed by atoms with van der Waals surface area (Å²) in [5.74, 6) is 0.549. The lowest BCUT2D eigenvalue weighted by atomic mass is 10.1. The van der Waals surface area contributed by atoms with Gasteiger partial charge in [-0.3, -0.25) is 4.90 Å². The normalized spacial score (nSPS) is 14.2. The Morgan fingerprint density at radius 3 is 2.33 bits per heavy atom. The van der Waals surface area contributed by atoms with E-state index >= 15 is 0 Å². The van der Waals surface area contributed by atoms with E-state index in [1.54, 1.807) is 0 Å². The second-order valence-corrected chi connectivity index (χ2v) is 3.55. The Kier molecular flexibility index (Phi) is 6.34. The van der Waals surface area contributed by atoms with Gasteiger partial charge in [-0.25, -0.2) is 0 Å². The Morgan fingerprint density at radius 1 is 1.33 bits per heavy atom. The number of nitrogens with zero attached hydrogens (tertiary/aromatic N) is 1. The molecule has 0 aromatic carbocycles. The second kappa shape index (κ2) is 6.40. The van der Waals surface area contributed by atoms with E-state index in [2.05, 4.69) is 20.8 Å². The summed E-state index contributed by atoms with van der Waals surface area (Å²) in [5.41, 5.74) is 0. The molecule has 3 nitrogen and oxygen atoms in total. The topological polar surface area (TPSA) is 32.7 Å². The van der Waals surface area contributed by atoms with Crippen molar-refractivity contribution in [2.24, 2.45) is 5.92 Å². The molecular formula is C9H21NO2. The standard InChI is InChI=1S/C9H21NO2/c1-8(2)9(3)12-7-10(4)5-6-11/h8-9,11H,5-7H2,1-4H3. The van der Waals surface area contributed by atoms with Crippen LogP contribution in [0.15, 0.2) is 0 Å². The Labute approximate surface area is 75.3 Å². The Hall–Kier alpha value is -0.120. The van der Waals surface area contributed by atoms with Gasteiger partial charge in [0.1, 0.15) is 0 Å². The highest BCUT2D eigenvalue weighted by Gasteiger charge is 2.07. The van der Waals surface area contributed by atoms with E-state index < -0.39 is 0 Å². The van der Waals surface area contributed by atoms with Crippen LogP contribution in [0.2, 0.25) is 0 Å². The van der Waals surface area contributed by atoms with Crippen LogP contribution < -0.4 is 0 Å². The van der Waals surface area contributed by atoms with Gasteiger partial charge in [-0.05, 0) is 19.9 Å². The predicted octanol–water partition coefficient (Wildman–Crippen LogP) is 0.929. The van der Waals surface area contributed by atoms with Gasteiger partial charge in [0.2, 0.25) is 0 Å². The fraction of sp³-hybridized carbons (Fsp3) is 1.00. The van der Waals surface area contributed by atoms with Gasteiger partial charge in [0.25, 0.3) is 0 Å². The zero-order valence-corrected chi connectivity index (χ0v) is 8.58. The summed E-state index contributed by atoms with van der Waals surface area (Å²) < 4.78 is 5.53. The van der Waals surface area contributed by atoms with Gasteiger partial charge in [-0.15, -0.1) is 0 Å². The van der Waals surface area contributed by atoms with Crippen LogP contribution >= 0.6 is 0 Å². The first-order chi connectivity index (χ1) is 5.57. The van der Waals surface area contributed by atoms with Crippen molar-refractivity contribution >= 4 is 0 Å². The summed E-state index contributed by atoms with van der Waals surface area (Å²) >= 11 is 0. The van der Waals surface area contributed by atoms with Gasteiger partial charge in [-0.2, -0.15) is 0 Å². The molecule has 0 aliphatic heterocycles. The molecule has 0 radical (unpaired) electrons. The van der Waals surface area contributed by atoms with Crippen molar-refractivity contribution in [3.05, 3.63) is 0 Å². The van der Waals surface area contributed by atoms with E-state index in [4.69, 9.17) is 9.84 Å². The lowest BCUT2D eigenvalue weighted by Gasteiger charge is -2.21. The highest BCUT2D eigenvalue weighted by atomic mass is 16.5. The smallest absolute Gasteiger partial charge is 0.0992 e. The molecule has 0 spiro atoms. The first-order valence-electron chi connectivity index (χ1n) is 4.49. The molecule has 0 aromatic rings. The molecule has 1 atom stereocenters. The van der Waals surface area contributed by atoms with Crippen molar-refractivity contribution < 1.29 is 9.84 Å². The van der Waals surface area contributed by atoms with Crippen LogP contribution in [0.4, 0.5) is 0 Å². The number of hydrogen-bond donors (Lipinski definition) is 1. The Balaban J connectivity index is 3.40. The minimum absolute atomic E-state index is 0.190. The molecule has 0 heterocycles. The molecule has 1 N–H and O–H groups in total. The van der Waals surface area contributed by atoms with Crippen molar-refractivity contribution in [1.29, 1.82) is 0 Å². The number of likely N-dealkylation sites (N-methyl/N-ethyl adjacent to an activating group) is 1. The summed E-state index contributed by atoms with van der Waals surface area (Å²) in [4.78, 5) is 1.96. The summed E-state index contributed by atoms with van der Waals surface area (Å²) in [5, 5.41) is 8.61. The van der Waals surface area contributed by atoms with E-state index in [9.17, 15) is 0 Å². The van der Waals surface area contributed by atoms with Crippen molar-refractivity contribution in [2.45, 2.75) is 26.9 Å². The van der Waals surface area contributed by atoms with Gasteiger partial charge >= 0.3 is 0 Å². The number of hydrogen-bond acceptors (Lipinski definition) is 3. The van der Waals surface area contributed by atoms with Crippen LogP contribution in [0.25, 0.3) is 0 Å². The SMILES string of the molecule is CC(C)C(C)OCN(C)CCO. The van der Waals surface area contributed by atoms with Crippen molar-refractivity contribution in [2.75, 3.05) is 26.9 Å². The first kappa shape index (κ1) is 11.9. The average Bonchev–Trinajstić information content (AvgIpc) is 2.00. The fourth-order valence-corrected chi connectivity index (χ4v) is 0.673. The molecule has 0 fully saturated rings. The molecule has 0 aromatic heterocycles. The minimum Gasteiger partial charge on any atom is -0.395 e. The molecule has 1 unspecified atom stereocenters. The molecule has 0 saturated carbocycles. The van der Waals surface area contributed by atoms with Crippen LogP contribution in [0.1, 0.15) is 20.8 Å². The maximum Gasteiger partial charge on any atom is 0.0992 e. The summed E-state index contributed by atoms with van der Waals surface area (Å²) in [6.45, 7) is 7.80. The highest BCUT2D eigenvalue weighted by Crippen LogP contribution is 2.04. The third kappa shape index (κ3) is 5.52. The van der Waals surface area contributed by atoms with E-state index in [1.165, 1.54) is 0 Å². The van der Waals surface area contributed by atoms with Crippen molar-refractivity contribution in [1.82, 2.24) is 4.90 Å². The summed E-state index contributed by atoms with van der Waals surface area (Å²) in [6.07, 6.45) is 0.283. The molecule has 0 amide bonds. The maximum absolute atomic E-state index is 8.61. The number of ether oxygens (including phenoxy) is 1. The lowest BCUT2D eigenvalue weighted by molar-refractivity contribution is -0.0279. The fourth-order valence-electron chi connectivity index (χ4n) is 0.673. The van der Waals surface area contributed by atoms with Crippen molar-refractivity contribution in [3.63, 3.8) is 0 Å². The quantitative estimate of drug-likeness (QED) is 0.610. The third-order valence-electron chi connectivity index (χ3n) is 1.98. The average molecular weight is 175 g/mol. The van der Waals surface area contributed by atoms with E-state index in [1.807, 2.05) is 11.9 Å². The molecule has 0 bridgehead atoms. The van der Waals surface area contributed by atoms with E-state index in [-0.39, 0.29) is 12.7 Å². The molecular weight excluding hydrogens is 154 g/mol. The largest absolute Gasteiger partial charge is 0.395 e. The van der Waals surface area contributed by atoms with Crippen LogP contribution in [-0.2, 0) is 4.74 Å². The van der Waals surface area contributed by atoms with Crippen LogP contribution in [0.3, 0.4) is 0 Å². The minimum atomic E-state index is 0.190. The van der Waals surface area contributed by atoms with Gasteiger partial charge in [0.15, 0.2) is 0 Å². The van der Waals surface area contributed by atoms with Gasteiger partial charge < -0.3 is 9.84 Å². The molecule has 0 aliphatic rings. The molecule has 0 aliphatic carbocycles. The third-order valence-corrected chi connectivity index (χ3v) is 1.98. The van der Waals surface area contributed by atoms with Crippen LogP contribution in [0, 0.1) is 5.92 Å². The lowest BCUT2D eigenvalue weighted by Crippen LogP contribution is -2.29. The highest BCUT2D eigenvalue weighted by molar-refractivity contribution is 4.54. The number of rotatable bonds is 6.